The zero-order valence-corrected chi connectivity index (χ0v) is 13.9. The standard InChI is InChI=1S/C16H27N3O4/c1-10(2)9-12(14(21)15-18-19-16(22)23-15)17-13(20)8-7-11-5-3-4-6-11/h10-12,15,18H,3-9H2,1-2H3,(H,17,20)(H,19,22). The average molecular weight is 325 g/mol. The lowest BCUT2D eigenvalue weighted by Crippen LogP contribution is -2.50. The van der Waals surface area contributed by atoms with E-state index < -0.39 is 18.4 Å². The number of hydrazine groups is 1. The van der Waals surface area contributed by atoms with Crippen LogP contribution in [0.15, 0.2) is 0 Å². The van der Waals surface area contributed by atoms with Gasteiger partial charge in [-0.2, -0.15) is 5.43 Å². The molecule has 0 bridgehead atoms. The Balaban J connectivity index is 1.85. The second-order valence-electron chi connectivity index (χ2n) is 6.90. The maximum atomic E-state index is 12.4. The van der Waals surface area contributed by atoms with Gasteiger partial charge in [-0.1, -0.05) is 39.5 Å². The highest BCUT2D eigenvalue weighted by atomic mass is 16.6. The van der Waals surface area contributed by atoms with Crippen LogP contribution in [0.2, 0.25) is 0 Å². The fraction of sp³-hybridized carbons (Fsp3) is 0.812. The summed E-state index contributed by atoms with van der Waals surface area (Å²) in [5, 5.41) is 2.82. The van der Waals surface area contributed by atoms with Crippen LogP contribution in [0.3, 0.4) is 0 Å². The number of cyclic esters (lactones) is 1. The number of nitrogens with one attached hydrogen (secondary N) is 3. The lowest BCUT2D eigenvalue weighted by molar-refractivity contribution is -0.133. The summed E-state index contributed by atoms with van der Waals surface area (Å²) in [7, 11) is 0. The Bertz CT molecular complexity index is 447. The Morgan fingerprint density at radius 2 is 2.00 bits per heavy atom. The van der Waals surface area contributed by atoms with Crippen LogP contribution in [0, 0.1) is 11.8 Å². The number of Topliss-reactive ketones (excluding diaryl/α,β-unsaturated/α-hetero) is 1. The molecule has 7 heteroatoms. The number of ether oxygens (including phenoxy) is 1. The van der Waals surface area contributed by atoms with Gasteiger partial charge in [-0.05, 0) is 24.7 Å². The minimum absolute atomic E-state index is 0.104. The monoisotopic (exact) mass is 325 g/mol. The molecule has 2 amide bonds. The number of amides is 2. The van der Waals surface area contributed by atoms with Crippen LogP contribution in [0.1, 0.15) is 58.8 Å². The van der Waals surface area contributed by atoms with Crippen molar-refractivity contribution in [1.29, 1.82) is 0 Å². The van der Waals surface area contributed by atoms with E-state index in [0.717, 1.165) is 6.42 Å². The van der Waals surface area contributed by atoms with E-state index in [-0.39, 0.29) is 17.6 Å². The van der Waals surface area contributed by atoms with Crippen molar-refractivity contribution in [3.63, 3.8) is 0 Å². The van der Waals surface area contributed by atoms with Crippen LogP contribution in [0.5, 0.6) is 0 Å². The normalized spacial score (nSPS) is 22.7. The summed E-state index contributed by atoms with van der Waals surface area (Å²) < 4.78 is 4.85. The van der Waals surface area contributed by atoms with E-state index in [2.05, 4.69) is 16.2 Å². The molecule has 7 nitrogen and oxygen atoms in total. The topological polar surface area (TPSA) is 96.5 Å². The fourth-order valence-corrected chi connectivity index (χ4v) is 3.22. The van der Waals surface area contributed by atoms with Crippen LogP contribution < -0.4 is 16.2 Å². The molecule has 2 aliphatic rings. The third-order valence-electron chi connectivity index (χ3n) is 4.43. The molecule has 1 heterocycles. The van der Waals surface area contributed by atoms with Gasteiger partial charge in [0.1, 0.15) is 0 Å². The van der Waals surface area contributed by atoms with E-state index in [1.165, 1.54) is 25.7 Å². The van der Waals surface area contributed by atoms with Crippen LogP contribution in [-0.2, 0) is 14.3 Å². The van der Waals surface area contributed by atoms with Crippen LogP contribution in [0.4, 0.5) is 4.79 Å². The van der Waals surface area contributed by atoms with Crippen LogP contribution in [-0.4, -0.2) is 30.1 Å². The molecular weight excluding hydrogens is 298 g/mol. The maximum absolute atomic E-state index is 12.4. The van der Waals surface area contributed by atoms with Gasteiger partial charge < -0.3 is 10.1 Å². The van der Waals surface area contributed by atoms with E-state index in [0.29, 0.717) is 18.8 Å². The summed E-state index contributed by atoms with van der Waals surface area (Å²) in [6.45, 7) is 3.97. The molecule has 2 unspecified atom stereocenters. The van der Waals surface area contributed by atoms with Crippen LogP contribution >= 0.6 is 0 Å². The third-order valence-corrected chi connectivity index (χ3v) is 4.43. The largest absolute Gasteiger partial charge is 0.423 e. The number of carbonyl (C=O) groups is 3. The summed E-state index contributed by atoms with van der Waals surface area (Å²) in [5.74, 6) is 0.449. The molecule has 0 aromatic carbocycles. The summed E-state index contributed by atoms with van der Waals surface area (Å²) in [6.07, 6.45) is 5.04. The minimum atomic E-state index is -1.04. The average Bonchev–Trinajstić information content (AvgIpc) is 3.14. The van der Waals surface area contributed by atoms with Crippen molar-refractivity contribution < 1.29 is 19.1 Å². The Labute approximate surface area is 136 Å². The van der Waals surface area contributed by atoms with Crippen molar-refractivity contribution in [3.05, 3.63) is 0 Å². The summed E-state index contributed by atoms with van der Waals surface area (Å²) in [4.78, 5) is 35.6. The first-order valence-electron chi connectivity index (χ1n) is 8.51. The first kappa shape index (κ1) is 17.7. The van der Waals surface area contributed by atoms with Gasteiger partial charge in [0.15, 0.2) is 0 Å². The van der Waals surface area contributed by atoms with Gasteiger partial charge in [0.25, 0.3) is 0 Å². The lowest BCUT2D eigenvalue weighted by atomic mass is 9.98. The van der Waals surface area contributed by atoms with Crippen molar-refractivity contribution in [3.8, 4) is 0 Å². The molecule has 2 rings (SSSR count). The van der Waals surface area contributed by atoms with Crippen molar-refractivity contribution in [2.45, 2.75) is 71.1 Å². The third kappa shape index (κ3) is 5.49. The van der Waals surface area contributed by atoms with Gasteiger partial charge in [0, 0.05) is 6.42 Å². The van der Waals surface area contributed by atoms with E-state index in [1.807, 2.05) is 13.8 Å². The van der Waals surface area contributed by atoms with Gasteiger partial charge in [0.05, 0.1) is 6.04 Å². The number of hydrogen-bond donors (Lipinski definition) is 3. The molecule has 1 saturated heterocycles. The minimum Gasteiger partial charge on any atom is -0.420 e. The molecule has 0 aromatic heterocycles. The lowest BCUT2D eigenvalue weighted by Gasteiger charge is -2.21. The van der Waals surface area contributed by atoms with Crippen LogP contribution in [0.25, 0.3) is 0 Å². The molecule has 2 atom stereocenters. The first-order valence-corrected chi connectivity index (χ1v) is 8.51. The summed E-state index contributed by atoms with van der Waals surface area (Å²) >= 11 is 0. The molecule has 2 fully saturated rings. The molecular formula is C16H27N3O4. The highest BCUT2D eigenvalue weighted by Gasteiger charge is 2.35. The van der Waals surface area contributed by atoms with Crippen molar-refractivity contribution in [1.82, 2.24) is 16.2 Å². The van der Waals surface area contributed by atoms with Gasteiger partial charge >= 0.3 is 6.09 Å². The Hall–Kier alpha value is -1.63. The molecule has 130 valence electrons. The van der Waals surface area contributed by atoms with Gasteiger partial charge in [-0.15, -0.1) is 0 Å². The van der Waals surface area contributed by atoms with Gasteiger partial charge in [0.2, 0.25) is 17.9 Å². The van der Waals surface area contributed by atoms with Crippen molar-refractivity contribution in [2.75, 3.05) is 0 Å². The molecule has 1 saturated carbocycles. The van der Waals surface area contributed by atoms with Crippen molar-refractivity contribution >= 4 is 17.8 Å². The smallest absolute Gasteiger partial charge is 0.420 e. The maximum Gasteiger partial charge on any atom is 0.423 e. The molecule has 0 radical (unpaired) electrons. The van der Waals surface area contributed by atoms with Gasteiger partial charge in [-0.3, -0.25) is 15.0 Å². The first-order chi connectivity index (χ1) is 11.0. The predicted molar refractivity (Wildman–Crippen MR) is 84.1 cm³/mol. The van der Waals surface area contributed by atoms with E-state index >= 15 is 0 Å². The number of ketones is 1. The zero-order chi connectivity index (χ0) is 16.8. The van der Waals surface area contributed by atoms with Gasteiger partial charge in [-0.25, -0.2) is 4.79 Å². The number of carbonyl (C=O) groups excluding carboxylic acids is 3. The zero-order valence-electron chi connectivity index (χ0n) is 13.9. The van der Waals surface area contributed by atoms with Crippen molar-refractivity contribution in [2.24, 2.45) is 11.8 Å². The second-order valence-corrected chi connectivity index (χ2v) is 6.90. The summed E-state index contributed by atoms with van der Waals surface area (Å²) in [5.41, 5.74) is 4.72. The second kappa shape index (κ2) is 8.29. The fourth-order valence-electron chi connectivity index (χ4n) is 3.22. The quantitative estimate of drug-likeness (QED) is 0.630. The molecule has 0 aromatic rings. The molecule has 23 heavy (non-hydrogen) atoms. The highest BCUT2D eigenvalue weighted by molar-refractivity contribution is 5.93. The number of rotatable bonds is 8. The Kier molecular flexibility index (Phi) is 6.38. The highest BCUT2D eigenvalue weighted by Crippen LogP contribution is 2.28. The SMILES string of the molecule is CC(C)CC(NC(=O)CCC1CCCC1)C(=O)C1NNC(=O)O1. The molecule has 0 spiro atoms. The molecule has 3 N–H and O–H groups in total. The predicted octanol–water partition coefficient (Wildman–Crippen LogP) is 1.63. The van der Waals surface area contributed by atoms with E-state index in [4.69, 9.17) is 4.74 Å². The Morgan fingerprint density at radius 1 is 1.30 bits per heavy atom. The number of hydrogen-bond acceptors (Lipinski definition) is 5. The van der Waals surface area contributed by atoms with E-state index in [1.54, 1.807) is 0 Å². The molecule has 1 aliphatic heterocycles. The molecule has 1 aliphatic carbocycles. The summed E-state index contributed by atoms with van der Waals surface area (Å²) in [6, 6.07) is -0.642. The van der Waals surface area contributed by atoms with E-state index in [9.17, 15) is 14.4 Å². The Morgan fingerprint density at radius 3 is 2.57 bits per heavy atom.